The molecule has 21 heavy (non-hydrogen) atoms. The lowest BCUT2D eigenvalue weighted by Crippen LogP contribution is -2.48. The highest BCUT2D eigenvalue weighted by atomic mass is 32.2. The Morgan fingerprint density at radius 2 is 1.76 bits per heavy atom. The fourth-order valence-corrected chi connectivity index (χ4v) is 3.19. The Bertz CT molecular complexity index is 556. The third-order valence-electron chi connectivity index (χ3n) is 3.12. The minimum Gasteiger partial charge on any atom is -0.354 e. The van der Waals surface area contributed by atoms with Crippen LogP contribution < -0.4 is 9.62 Å². The van der Waals surface area contributed by atoms with Gasteiger partial charge in [0.1, 0.15) is 6.04 Å². The summed E-state index contributed by atoms with van der Waals surface area (Å²) in [6.07, 6.45) is 1.97. The average molecular weight is 312 g/mol. The summed E-state index contributed by atoms with van der Waals surface area (Å²) in [5.74, 6) is 0.200. The molecular weight excluding hydrogens is 288 g/mol. The van der Waals surface area contributed by atoms with Crippen LogP contribution in [0.1, 0.15) is 27.2 Å². The number of sulfonamides is 1. The molecule has 0 bridgehead atoms. The maximum Gasteiger partial charge on any atom is 0.243 e. The van der Waals surface area contributed by atoms with Crippen molar-refractivity contribution in [3.63, 3.8) is 0 Å². The highest BCUT2D eigenvalue weighted by Crippen LogP contribution is 2.20. The Morgan fingerprint density at radius 3 is 2.24 bits per heavy atom. The SMILES string of the molecule is CC(C)CCNC(=O)C(C)N(c1ccccc1)S(C)(=O)=O. The summed E-state index contributed by atoms with van der Waals surface area (Å²) in [5.41, 5.74) is 0.492. The zero-order valence-corrected chi connectivity index (χ0v) is 13.9. The van der Waals surface area contributed by atoms with Crippen molar-refractivity contribution >= 4 is 21.6 Å². The summed E-state index contributed by atoms with van der Waals surface area (Å²) in [6, 6.07) is 7.87. The normalized spacial score (nSPS) is 13.0. The van der Waals surface area contributed by atoms with Crippen molar-refractivity contribution < 1.29 is 13.2 Å². The van der Waals surface area contributed by atoms with Gasteiger partial charge in [0.05, 0.1) is 11.9 Å². The standard InChI is InChI=1S/C15H24N2O3S/c1-12(2)10-11-16-15(18)13(3)17(21(4,19)20)14-8-6-5-7-9-14/h5-9,12-13H,10-11H2,1-4H3,(H,16,18). The molecule has 1 atom stereocenters. The summed E-state index contributed by atoms with van der Waals surface area (Å²) in [5, 5.41) is 2.79. The highest BCUT2D eigenvalue weighted by Gasteiger charge is 2.28. The second kappa shape index (κ2) is 7.45. The molecule has 0 fully saturated rings. The molecule has 6 heteroatoms. The van der Waals surface area contributed by atoms with Gasteiger partial charge >= 0.3 is 0 Å². The fraction of sp³-hybridized carbons (Fsp3) is 0.533. The van der Waals surface area contributed by atoms with Crippen LogP contribution >= 0.6 is 0 Å². The first-order chi connectivity index (χ1) is 9.73. The minimum atomic E-state index is -3.53. The van der Waals surface area contributed by atoms with E-state index in [4.69, 9.17) is 0 Å². The van der Waals surface area contributed by atoms with E-state index in [2.05, 4.69) is 19.2 Å². The Morgan fingerprint density at radius 1 is 1.19 bits per heavy atom. The number of anilines is 1. The van der Waals surface area contributed by atoms with Crippen LogP contribution in [0.5, 0.6) is 0 Å². The maximum atomic E-state index is 12.2. The van der Waals surface area contributed by atoms with E-state index in [-0.39, 0.29) is 5.91 Å². The first-order valence-electron chi connectivity index (χ1n) is 7.05. The summed E-state index contributed by atoms with van der Waals surface area (Å²) in [6.45, 7) is 6.29. The number of carbonyl (C=O) groups is 1. The van der Waals surface area contributed by atoms with Gasteiger partial charge in [-0.3, -0.25) is 9.10 Å². The minimum absolute atomic E-state index is 0.287. The molecule has 1 aromatic carbocycles. The number of carbonyl (C=O) groups excluding carboxylic acids is 1. The number of hydrogen-bond donors (Lipinski definition) is 1. The molecule has 0 aliphatic carbocycles. The van der Waals surface area contributed by atoms with Crippen molar-refractivity contribution in [2.24, 2.45) is 5.92 Å². The van der Waals surface area contributed by atoms with E-state index in [0.717, 1.165) is 17.0 Å². The van der Waals surface area contributed by atoms with Crippen LogP contribution in [0.2, 0.25) is 0 Å². The van der Waals surface area contributed by atoms with Crippen LogP contribution in [-0.4, -0.2) is 33.2 Å². The topological polar surface area (TPSA) is 66.5 Å². The van der Waals surface area contributed by atoms with Gasteiger partial charge in [-0.25, -0.2) is 8.42 Å². The Balaban J connectivity index is 2.87. The summed E-state index contributed by atoms with van der Waals surface area (Å²) >= 11 is 0. The predicted molar refractivity (Wildman–Crippen MR) is 85.7 cm³/mol. The third-order valence-corrected chi connectivity index (χ3v) is 4.36. The summed E-state index contributed by atoms with van der Waals surface area (Å²) < 4.78 is 25.2. The van der Waals surface area contributed by atoms with Crippen LogP contribution in [0.25, 0.3) is 0 Å². The zero-order valence-electron chi connectivity index (χ0n) is 13.0. The molecule has 0 heterocycles. The van der Waals surface area contributed by atoms with Crippen molar-refractivity contribution in [3.05, 3.63) is 30.3 Å². The number of amides is 1. The first kappa shape index (κ1) is 17.5. The molecule has 0 saturated heterocycles. The number of nitrogens with zero attached hydrogens (tertiary/aromatic N) is 1. The van der Waals surface area contributed by atoms with Crippen molar-refractivity contribution in [3.8, 4) is 0 Å². The van der Waals surface area contributed by atoms with E-state index >= 15 is 0 Å². The number of para-hydroxylation sites is 1. The van der Waals surface area contributed by atoms with Crippen LogP contribution in [0.15, 0.2) is 30.3 Å². The number of rotatable bonds is 7. The second-order valence-electron chi connectivity index (χ2n) is 5.54. The lowest BCUT2D eigenvalue weighted by molar-refractivity contribution is -0.121. The summed E-state index contributed by atoms with van der Waals surface area (Å²) in [4.78, 5) is 12.2. The van der Waals surface area contributed by atoms with Crippen molar-refractivity contribution in [1.29, 1.82) is 0 Å². The fourth-order valence-electron chi connectivity index (χ4n) is 2.02. The van der Waals surface area contributed by atoms with E-state index in [1.807, 2.05) is 0 Å². The molecule has 5 nitrogen and oxygen atoms in total. The van der Waals surface area contributed by atoms with E-state index in [0.29, 0.717) is 18.2 Å². The smallest absolute Gasteiger partial charge is 0.243 e. The zero-order chi connectivity index (χ0) is 16.0. The van der Waals surface area contributed by atoms with Gasteiger partial charge in [-0.05, 0) is 31.4 Å². The average Bonchev–Trinajstić information content (AvgIpc) is 2.37. The predicted octanol–water partition coefficient (Wildman–Crippen LogP) is 2.00. The molecule has 1 unspecified atom stereocenters. The van der Waals surface area contributed by atoms with Gasteiger partial charge in [0.25, 0.3) is 0 Å². The van der Waals surface area contributed by atoms with E-state index in [1.165, 1.54) is 0 Å². The molecule has 118 valence electrons. The molecule has 1 aromatic rings. The first-order valence-corrected chi connectivity index (χ1v) is 8.90. The largest absolute Gasteiger partial charge is 0.354 e. The van der Waals surface area contributed by atoms with Gasteiger partial charge in [0.2, 0.25) is 15.9 Å². The van der Waals surface area contributed by atoms with Crippen molar-refractivity contribution in [1.82, 2.24) is 5.32 Å². The Hall–Kier alpha value is -1.56. The van der Waals surface area contributed by atoms with Gasteiger partial charge in [-0.2, -0.15) is 0 Å². The van der Waals surface area contributed by atoms with Gasteiger partial charge in [-0.1, -0.05) is 32.0 Å². The van der Waals surface area contributed by atoms with Crippen LogP contribution in [0.4, 0.5) is 5.69 Å². The lowest BCUT2D eigenvalue weighted by atomic mass is 10.1. The van der Waals surface area contributed by atoms with Gasteiger partial charge in [-0.15, -0.1) is 0 Å². The van der Waals surface area contributed by atoms with Crippen LogP contribution in [0.3, 0.4) is 0 Å². The Labute approximate surface area is 127 Å². The van der Waals surface area contributed by atoms with Gasteiger partial charge in [0.15, 0.2) is 0 Å². The second-order valence-corrected chi connectivity index (χ2v) is 7.40. The molecule has 0 radical (unpaired) electrons. The lowest BCUT2D eigenvalue weighted by Gasteiger charge is -2.28. The molecule has 0 aliphatic rings. The molecule has 0 saturated carbocycles. The molecule has 1 rings (SSSR count). The van der Waals surface area contributed by atoms with Crippen LogP contribution in [-0.2, 0) is 14.8 Å². The molecule has 0 aromatic heterocycles. The van der Waals surface area contributed by atoms with Gasteiger partial charge < -0.3 is 5.32 Å². The molecule has 1 amide bonds. The van der Waals surface area contributed by atoms with Crippen molar-refractivity contribution in [2.45, 2.75) is 33.2 Å². The number of benzene rings is 1. The van der Waals surface area contributed by atoms with Crippen LogP contribution in [0, 0.1) is 5.92 Å². The quantitative estimate of drug-likeness (QED) is 0.837. The van der Waals surface area contributed by atoms with E-state index in [9.17, 15) is 13.2 Å². The number of nitrogens with one attached hydrogen (secondary N) is 1. The number of hydrogen-bond acceptors (Lipinski definition) is 3. The Kier molecular flexibility index (Phi) is 6.20. The van der Waals surface area contributed by atoms with Gasteiger partial charge in [0, 0.05) is 6.54 Å². The third kappa shape index (κ3) is 5.38. The van der Waals surface area contributed by atoms with E-state index < -0.39 is 16.1 Å². The summed E-state index contributed by atoms with van der Waals surface area (Å²) in [7, 11) is -3.53. The van der Waals surface area contributed by atoms with Crippen molar-refractivity contribution in [2.75, 3.05) is 17.1 Å². The molecular formula is C15H24N2O3S. The molecule has 0 spiro atoms. The molecule has 0 aliphatic heterocycles. The molecule has 1 N–H and O–H groups in total. The monoisotopic (exact) mass is 312 g/mol. The maximum absolute atomic E-state index is 12.2. The van der Waals surface area contributed by atoms with E-state index in [1.54, 1.807) is 37.3 Å². The highest BCUT2D eigenvalue weighted by molar-refractivity contribution is 7.92.